The molecule has 1 N–H and O–H groups in total. The smallest absolute Gasteiger partial charge is 0.349 e. The molecule has 0 aliphatic heterocycles. The summed E-state index contributed by atoms with van der Waals surface area (Å²) < 4.78 is 7.16. The highest BCUT2D eigenvalue weighted by molar-refractivity contribution is 6.10. The zero-order chi connectivity index (χ0) is 21.4. The molecule has 0 aliphatic carbocycles. The molecule has 5 aromatic rings. The Morgan fingerprint density at radius 2 is 1.74 bits per heavy atom. The maximum absolute atomic E-state index is 13.0. The van der Waals surface area contributed by atoms with Crippen molar-refractivity contribution in [1.29, 1.82) is 0 Å². The number of fused-ring (bicyclic) bond motifs is 3. The third-order valence-electron chi connectivity index (χ3n) is 5.21. The molecule has 0 saturated heterocycles. The molecule has 6 heteroatoms. The zero-order valence-corrected chi connectivity index (χ0v) is 16.8. The van der Waals surface area contributed by atoms with Gasteiger partial charge in [0.15, 0.2) is 0 Å². The van der Waals surface area contributed by atoms with Crippen molar-refractivity contribution < 1.29 is 9.21 Å². The number of hydrogen-bond acceptors (Lipinski definition) is 4. The molecule has 2 aromatic heterocycles. The number of nitrogens with one attached hydrogen (secondary N) is 1. The van der Waals surface area contributed by atoms with Crippen molar-refractivity contribution in [2.75, 3.05) is 5.32 Å². The van der Waals surface area contributed by atoms with Crippen molar-refractivity contribution in [3.63, 3.8) is 0 Å². The van der Waals surface area contributed by atoms with Gasteiger partial charge in [-0.05, 0) is 35.4 Å². The minimum absolute atomic E-state index is 0.0473. The Kier molecular flexibility index (Phi) is 4.59. The van der Waals surface area contributed by atoms with E-state index in [1.807, 2.05) is 67.6 Å². The van der Waals surface area contributed by atoms with Crippen LogP contribution in [0, 0.1) is 6.92 Å². The van der Waals surface area contributed by atoms with E-state index in [0.717, 1.165) is 27.4 Å². The molecule has 152 valence electrons. The van der Waals surface area contributed by atoms with Gasteiger partial charge < -0.3 is 9.73 Å². The predicted molar refractivity (Wildman–Crippen MR) is 120 cm³/mol. The van der Waals surface area contributed by atoms with Crippen LogP contribution in [0.15, 0.2) is 88.1 Å². The minimum atomic E-state index is -0.675. The fourth-order valence-electron chi connectivity index (χ4n) is 3.74. The largest absolute Gasteiger partial charge is 0.422 e. The summed E-state index contributed by atoms with van der Waals surface area (Å²) in [6, 6.07) is 24.6. The van der Waals surface area contributed by atoms with Gasteiger partial charge in [0.2, 0.25) is 0 Å². The van der Waals surface area contributed by atoms with Crippen LogP contribution in [0.4, 0.5) is 5.82 Å². The molecule has 0 saturated carbocycles. The topological polar surface area (TPSA) is 77.1 Å². The average molecular weight is 409 g/mol. The molecule has 0 bridgehead atoms. The number of hydrogen-bond donors (Lipinski definition) is 1. The molecule has 0 fully saturated rings. The molecule has 1 amide bonds. The second-order valence-corrected chi connectivity index (χ2v) is 7.41. The van der Waals surface area contributed by atoms with Crippen molar-refractivity contribution in [2.24, 2.45) is 0 Å². The Morgan fingerprint density at radius 3 is 2.58 bits per heavy atom. The molecular weight excluding hydrogens is 390 g/mol. The van der Waals surface area contributed by atoms with Crippen LogP contribution >= 0.6 is 0 Å². The number of benzene rings is 3. The number of anilines is 1. The van der Waals surface area contributed by atoms with Gasteiger partial charge in [-0.15, -0.1) is 0 Å². The van der Waals surface area contributed by atoms with Crippen LogP contribution in [-0.2, 0) is 6.54 Å². The summed E-state index contributed by atoms with van der Waals surface area (Å²) in [6.07, 6.45) is 0. The van der Waals surface area contributed by atoms with Crippen LogP contribution in [-0.4, -0.2) is 15.7 Å². The first-order chi connectivity index (χ1) is 15.1. The molecule has 0 spiro atoms. The maximum Gasteiger partial charge on any atom is 0.349 e. The van der Waals surface area contributed by atoms with Gasteiger partial charge in [0, 0.05) is 11.5 Å². The van der Waals surface area contributed by atoms with Gasteiger partial charge in [0.25, 0.3) is 5.91 Å². The van der Waals surface area contributed by atoms with Gasteiger partial charge in [0.05, 0.1) is 12.2 Å². The minimum Gasteiger partial charge on any atom is -0.422 e. The first-order valence-corrected chi connectivity index (χ1v) is 9.94. The van der Waals surface area contributed by atoms with Gasteiger partial charge in [-0.1, -0.05) is 60.7 Å². The average Bonchev–Trinajstić information content (AvgIpc) is 3.12. The lowest BCUT2D eigenvalue weighted by molar-refractivity contribution is 0.102. The van der Waals surface area contributed by atoms with E-state index in [9.17, 15) is 9.59 Å². The summed E-state index contributed by atoms with van der Waals surface area (Å²) in [6.45, 7) is 2.36. The van der Waals surface area contributed by atoms with Crippen molar-refractivity contribution in [3.8, 4) is 0 Å². The summed E-state index contributed by atoms with van der Waals surface area (Å²) in [4.78, 5) is 25.5. The van der Waals surface area contributed by atoms with Crippen LogP contribution in [0.25, 0.3) is 21.7 Å². The Morgan fingerprint density at radius 1 is 0.968 bits per heavy atom. The van der Waals surface area contributed by atoms with Crippen LogP contribution < -0.4 is 10.9 Å². The number of amides is 1. The molecule has 0 radical (unpaired) electrons. The molecule has 0 unspecified atom stereocenters. The van der Waals surface area contributed by atoms with Crippen LogP contribution in [0.1, 0.15) is 21.6 Å². The zero-order valence-electron chi connectivity index (χ0n) is 16.8. The number of aryl methyl sites for hydroxylation is 1. The number of nitrogens with zero attached hydrogens (tertiary/aromatic N) is 2. The monoisotopic (exact) mass is 409 g/mol. The van der Waals surface area contributed by atoms with E-state index < -0.39 is 11.5 Å². The number of rotatable bonds is 4. The van der Waals surface area contributed by atoms with Crippen molar-refractivity contribution in [3.05, 3.63) is 106 Å². The Balaban J connectivity index is 1.52. The lowest BCUT2D eigenvalue weighted by Crippen LogP contribution is -2.22. The summed E-state index contributed by atoms with van der Waals surface area (Å²) >= 11 is 0. The highest BCUT2D eigenvalue weighted by Gasteiger charge is 2.17. The van der Waals surface area contributed by atoms with Crippen molar-refractivity contribution in [1.82, 2.24) is 9.78 Å². The standard InChI is InChI=1S/C25H19N3O3/c1-16-13-23(28(27-16)15-17-7-3-2-4-8-17)26-24(29)21-14-20-19-10-6-5-9-18(19)11-12-22(20)31-25(21)30/h2-14H,15H2,1H3,(H,26,29). The van der Waals surface area contributed by atoms with Crippen LogP contribution in [0.2, 0.25) is 0 Å². The number of carbonyl (C=O) groups is 1. The second kappa shape index (κ2) is 7.57. The van der Waals surface area contributed by atoms with Gasteiger partial charge in [0.1, 0.15) is 17.0 Å². The maximum atomic E-state index is 13.0. The van der Waals surface area contributed by atoms with E-state index in [2.05, 4.69) is 10.4 Å². The van der Waals surface area contributed by atoms with E-state index in [-0.39, 0.29) is 5.56 Å². The van der Waals surface area contributed by atoms with Gasteiger partial charge in [-0.25, -0.2) is 9.48 Å². The molecule has 3 aromatic carbocycles. The molecule has 0 atom stereocenters. The van der Waals surface area contributed by atoms with Gasteiger partial charge in [-0.3, -0.25) is 4.79 Å². The first-order valence-electron chi connectivity index (χ1n) is 9.94. The molecule has 0 aliphatic rings. The molecule has 6 nitrogen and oxygen atoms in total. The molecule has 31 heavy (non-hydrogen) atoms. The van der Waals surface area contributed by atoms with Gasteiger partial charge in [-0.2, -0.15) is 5.10 Å². The summed E-state index contributed by atoms with van der Waals surface area (Å²) in [5.41, 5.74) is 1.55. The van der Waals surface area contributed by atoms with Crippen molar-refractivity contribution >= 4 is 33.5 Å². The lowest BCUT2D eigenvalue weighted by Gasteiger charge is -2.09. The summed E-state index contributed by atoms with van der Waals surface area (Å²) in [7, 11) is 0. The van der Waals surface area contributed by atoms with Crippen molar-refractivity contribution in [2.45, 2.75) is 13.5 Å². The summed E-state index contributed by atoms with van der Waals surface area (Å²) in [5, 5.41) is 9.93. The number of aromatic nitrogens is 2. The molecular formula is C25H19N3O3. The van der Waals surface area contributed by atoms with Gasteiger partial charge >= 0.3 is 5.63 Å². The fraction of sp³-hybridized carbons (Fsp3) is 0.0800. The highest BCUT2D eigenvalue weighted by atomic mass is 16.4. The third-order valence-corrected chi connectivity index (χ3v) is 5.21. The Hall–Kier alpha value is -4.19. The van der Waals surface area contributed by atoms with E-state index in [1.165, 1.54) is 0 Å². The van der Waals surface area contributed by atoms with E-state index >= 15 is 0 Å². The third kappa shape index (κ3) is 3.59. The normalized spacial score (nSPS) is 11.1. The quantitative estimate of drug-likeness (QED) is 0.343. The predicted octanol–water partition coefficient (Wildman–Crippen LogP) is 4.75. The first kappa shape index (κ1) is 18.8. The Labute approximate surface area is 177 Å². The van der Waals surface area contributed by atoms with E-state index in [1.54, 1.807) is 22.9 Å². The second-order valence-electron chi connectivity index (χ2n) is 7.41. The molecule has 5 rings (SSSR count). The van der Waals surface area contributed by atoms with E-state index in [0.29, 0.717) is 17.9 Å². The SMILES string of the molecule is Cc1cc(NC(=O)c2cc3c(ccc4ccccc43)oc2=O)n(Cc2ccccc2)n1. The lowest BCUT2D eigenvalue weighted by atomic mass is 10.0. The van der Waals surface area contributed by atoms with Crippen LogP contribution in [0.5, 0.6) is 0 Å². The fourth-order valence-corrected chi connectivity index (χ4v) is 3.74. The highest BCUT2D eigenvalue weighted by Crippen LogP contribution is 2.25. The Bertz CT molecular complexity index is 1480. The molecule has 2 heterocycles. The number of carbonyl (C=O) groups excluding carboxylic acids is 1. The van der Waals surface area contributed by atoms with E-state index in [4.69, 9.17) is 4.42 Å². The summed E-state index contributed by atoms with van der Waals surface area (Å²) in [5.74, 6) is -0.0124. The van der Waals surface area contributed by atoms with Crippen LogP contribution in [0.3, 0.4) is 0 Å².